The molecule has 5 heteroatoms. The molecule has 0 amide bonds. The number of fused-ring (bicyclic) bond motifs is 1. The first-order chi connectivity index (χ1) is 6.29. The summed E-state index contributed by atoms with van der Waals surface area (Å²) in [6.45, 7) is 1.95. The summed E-state index contributed by atoms with van der Waals surface area (Å²) in [4.78, 5) is 8.19. The number of aliphatic hydroxyl groups excluding tert-OH is 1. The third-order valence-corrected chi connectivity index (χ3v) is 1.75. The molecule has 1 N–H and O–H groups in total. The molecule has 68 valence electrons. The van der Waals surface area contributed by atoms with E-state index in [-0.39, 0.29) is 6.61 Å². The molecule has 0 aliphatic heterocycles. The van der Waals surface area contributed by atoms with Gasteiger partial charge in [0.25, 0.3) is 5.78 Å². The van der Waals surface area contributed by atoms with Crippen LogP contribution in [0.4, 0.5) is 0 Å². The van der Waals surface area contributed by atoms with Gasteiger partial charge in [0, 0.05) is 19.0 Å². The zero-order valence-corrected chi connectivity index (χ0v) is 7.30. The number of aliphatic hydroxyl groups is 1. The predicted molar refractivity (Wildman–Crippen MR) is 46.3 cm³/mol. The average molecular weight is 178 g/mol. The SMILES string of the molecule is Cc1nc2ncc(CCO)cn2n1. The number of nitrogens with zero attached hydrogens (tertiary/aromatic N) is 4. The summed E-state index contributed by atoms with van der Waals surface area (Å²) in [6.07, 6.45) is 4.14. The third kappa shape index (κ3) is 1.50. The van der Waals surface area contributed by atoms with Crippen molar-refractivity contribution in [3.8, 4) is 0 Å². The summed E-state index contributed by atoms with van der Waals surface area (Å²) in [7, 11) is 0. The minimum Gasteiger partial charge on any atom is -0.396 e. The van der Waals surface area contributed by atoms with E-state index in [1.807, 2.05) is 13.1 Å². The monoisotopic (exact) mass is 178 g/mol. The van der Waals surface area contributed by atoms with E-state index in [0.717, 1.165) is 5.56 Å². The summed E-state index contributed by atoms with van der Waals surface area (Å²) >= 11 is 0. The van der Waals surface area contributed by atoms with Gasteiger partial charge in [-0.3, -0.25) is 0 Å². The van der Waals surface area contributed by atoms with Crippen molar-refractivity contribution in [2.75, 3.05) is 6.61 Å². The van der Waals surface area contributed by atoms with Gasteiger partial charge < -0.3 is 5.11 Å². The molecule has 0 aliphatic rings. The second-order valence-electron chi connectivity index (χ2n) is 2.84. The van der Waals surface area contributed by atoms with Gasteiger partial charge in [-0.25, -0.2) is 9.50 Å². The minimum absolute atomic E-state index is 0.126. The van der Waals surface area contributed by atoms with Crippen LogP contribution in [-0.4, -0.2) is 31.3 Å². The lowest BCUT2D eigenvalue weighted by molar-refractivity contribution is 0.299. The highest BCUT2D eigenvalue weighted by Crippen LogP contribution is 2.01. The Balaban J connectivity index is 2.48. The number of hydrogen-bond acceptors (Lipinski definition) is 4. The topological polar surface area (TPSA) is 63.3 Å². The van der Waals surface area contributed by atoms with Gasteiger partial charge in [0.05, 0.1) is 0 Å². The molecule has 5 nitrogen and oxygen atoms in total. The molecule has 0 bridgehead atoms. The smallest absolute Gasteiger partial charge is 0.252 e. The second-order valence-corrected chi connectivity index (χ2v) is 2.84. The number of aromatic nitrogens is 4. The Labute approximate surface area is 75.1 Å². The van der Waals surface area contributed by atoms with Crippen LogP contribution in [0.1, 0.15) is 11.4 Å². The molecule has 0 atom stereocenters. The van der Waals surface area contributed by atoms with Crippen molar-refractivity contribution in [3.05, 3.63) is 23.8 Å². The summed E-state index contributed by atoms with van der Waals surface area (Å²) in [5.41, 5.74) is 0.958. The molecular formula is C8H10N4O. The average Bonchev–Trinajstić information content (AvgIpc) is 2.44. The quantitative estimate of drug-likeness (QED) is 0.701. The van der Waals surface area contributed by atoms with Gasteiger partial charge in [-0.1, -0.05) is 0 Å². The van der Waals surface area contributed by atoms with Crippen LogP contribution in [0.15, 0.2) is 12.4 Å². The molecule has 0 spiro atoms. The first kappa shape index (κ1) is 8.12. The maximum Gasteiger partial charge on any atom is 0.252 e. The molecule has 2 rings (SSSR count). The van der Waals surface area contributed by atoms with Crippen LogP contribution in [0.2, 0.25) is 0 Å². The molecule has 0 radical (unpaired) electrons. The molecule has 2 aromatic heterocycles. The van der Waals surface area contributed by atoms with E-state index in [0.29, 0.717) is 18.0 Å². The lowest BCUT2D eigenvalue weighted by atomic mass is 10.3. The van der Waals surface area contributed by atoms with Crippen LogP contribution in [0, 0.1) is 6.92 Å². The second kappa shape index (κ2) is 3.10. The minimum atomic E-state index is 0.126. The zero-order valence-electron chi connectivity index (χ0n) is 7.30. The van der Waals surface area contributed by atoms with Gasteiger partial charge in [0.1, 0.15) is 5.82 Å². The summed E-state index contributed by atoms with van der Waals surface area (Å²) < 4.78 is 1.63. The Kier molecular flexibility index (Phi) is 1.94. The number of aryl methyl sites for hydroxylation is 1. The van der Waals surface area contributed by atoms with E-state index in [9.17, 15) is 0 Å². The van der Waals surface area contributed by atoms with Crippen molar-refractivity contribution in [1.29, 1.82) is 0 Å². The molecule has 0 fully saturated rings. The fourth-order valence-electron chi connectivity index (χ4n) is 1.18. The van der Waals surface area contributed by atoms with E-state index < -0.39 is 0 Å². The maximum absolute atomic E-state index is 8.72. The summed E-state index contributed by atoms with van der Waals surface area (Å²) in [5.74, 6) is 1.30. The zero-order chi connectivity index (χ0) is 9.26. The van der Waals surface area contributed by atoms with Crippen LogP contribution in [0.3, 0.4) is 0 Å². The number of hydrogen-bond donors (Lipinski definition) is 1. The molecule has 13 heavy (non-hydrogen) atoms. The fourth-order valence-corrected chi connectivity index (χ4v) is 1.18. The highest BCUT2D eigenvalue weighted by molar-refractivity contribution is 5.27. The Hall–Kier alpha value is -1.49. The van der Waals surface area contributed by atoms with Crippen molar-refractivity contribution >= 4 is 5.78 Å². The molecule has 2 aromatic rings. The van der Waals surface area contributed by atoms with Gasteiger partial charge in [-0.05, 0) is 18.9 Å². The Morgan fingerprint density at radius 3 is 3.15 bits per heavy atom. The highest BCUT2D eigenvalue weighted by Gasteiger charge is 2.00. The van der Waals surface area contributed by atoms with Gasteiger partial charge >= 0.3 is 0 Å². The summed E-state index contributed by atoms with van der Waals surface area (Å²) in [5, 5.41) is 12.8. The molecule has 0 unspecified atom stereocenters. The molecule has 0 aromatic carbocycles. The van der Waals surface area contributed by atoms with E-state index in [2.05, 4.69) is 15.1 Å². The Bertz CT molecular complexity index is 423. The van der Waals surface area contributed by atoms with Gasteiger partial charge in [-0.2, -0.15) is 10.1 Å². The van der Waals surface area contributed by atoms with Gasteiger partial charge in [-0.15, -0.1) is 0 Å². The van der Waals surface area contributed by atoms with Crippen LogP contribution in [0.25, 0.3) is 5.78 Å². The first-order valence-corrected chi connectivity index (χ1v) is 4.08. The van der Waals surface area contributed by atoms with Crippen LogP contribution >= 0.6 is 0 Å². The molecular weight excluding hydrogens is 168 g/mol. The first-order valence-electron chi connectivity index (χ1n) is 4.08. The van der Waals surface area contributed by atoms with Gasteiger partial charge in [0.2, 0.25) is 0 Å². The Morgan fingerprint density at radius 1 is 1.54 bits per heavy atom. The lowest BCUT2D eigenvalue weighted by Crippen LogP contribution is -1.97. The lowest BCUT2D eigenvalue weighted by Gasteiger charge is -1.96. The fraction of sp³-hybridized carbons (Fsp3) is 0.375. The van der Waals surface area contributed by atoms with E-state index in [1.165, 1.54) is 0 Å². The van der Waals surface area contributed by atoms with E-state index in [4.69, 9.17) is 5.11 Å². The predicted octanol–water partition coefficient (Wildman–Crippen LogP) is -0.0325. The van der Waals surface area contributed by atoms with Crippen LogP contribution in [0.5, 0.6) is 0 Å². The van der Waals surface area contributed by atoms with Gasteiger partial charge in [0.15, 0.2) is 0 Å². The van der Waals surface area contributed by atoms with E-state index >= 15 is 0 Å². The van der Waals surface area contributed by atoms with Crippen molar-refractivity contribution < 1.29 is 5.11 Å². The van der Waals surface area contributed by atoms with Crippen molar-refractivity contribution in [2.45, 2.75) is 13.3 Å². The molecule has 0 saturated heterocycles. The van der Waals surface area contributed by atoms with Crippen LogP contribution < -0.4 is 0 Å². The highest BCUT2D eigenvalue weighted by atomic mass is 16.2. The number of rotatable bonds is 2. The Morgan fingerprint density at radius 2 is 2.38 bits per heavy atom. The van der Waals surface area contributed by atoms with Crippen molar-refractivity contribution in [1.82, 2.24) is 19.6 Å². The largest absolute Gasteiger partial charge is 0.396 e. The van der Waals surface area contributed by atoms with Crippen molar-refractivity contribution in [2.24, 2.45) is 0 Å². The third-order valence-electron chi connectivity index (χ3n) is 1.75. The standard InChI is InChI=1S/C8H10N4O/c1-6-10-8-9-4-7(2-3-13)5-12(8)11-6/h4-5,13H,2-3H2,1H3. The molecule has 2 heterocycles. The molecule has 0 saturated carbocycles. The van der Waals surface area contributed by atoms with Crippen LogP contribution in [-0.2, 0) is 6.42 Å². The summed E-state index contributed by atoms with van der Waals surface area (Å²) in [6, 6.07) is 0. The maximum atomic E-state index is 8.72. The van der Waals surface area contributed by atoms with E-state index in [1.54, 1.807) is 10.7 Å². The normalized spacial score (nSPS) is 10.9. The molecule has 0 aliphatic carbocycles. The van der Waals surface area contributed by atoms with Crippen molar-refractivity contribution in [3.63, 3.8) is 0 Å².